The van der Waals surface area contributed by atoms with E-state index in [1.54, 1.807) is 11.9 Å². The highest BCUT2D eigenvalue weighted by Gasteiger charge is 2.19. The van der Waals surface area contributed by atoms with Crippen molar-refractivity contribution in [3.05, 3.63) is 53.2 Å². The zero-order chi connectivity index (χ0) is 17.4. The molecule has 128 valence electrons. The Morgan fingerprint density at radius 3 is 2.80 bits per heavy atom. The third-order valence-electron chi connectivity index (χ3n) is 4.29. The highest BCUT2D eigenvalue weighted by atomic mass is 16.6. The first-order chi connectivity index (χ1) is 12.1. The van der Waals surface area contributed by atoms with Gasteiger partial charge in [-0.05, 0) is 36.8 Å². The number of hydrogen-bond acceptors (Lipinski definition) is 4. The molecule has 0 saturated carbocycles. The number of amides is 1. The maximum absolute atomic E-state index is 12.8. The number of fused-ring (bicyclic) bond motifs is 2. The van der Waals surface area contributed by atoms with Crippen molar-refractivity contribution in [3.8, 4) is 11.5 Å². The molecule has 0 bridgehead atoms. The zero-order valence-electron chi connectivity index (χ0n) is 14.2. The predicted octanol–water partition coefficient (Wildman–Crippen LogP) is 2.91. The van der Waals surface area contributed by atoms with Gasteiger partial charge in [-0.25, -0.2) is 0 Å². The minimum Gasteiger partial charge on any atom is -0.486 e. The first-order valence-corrected chi connectivity index (χ1v) is 8.20. The molecule has 2 aromatic carbocycles. The van der Waals surface area contributed by atoms with Crippen LogP contribution in [0.3, 0.4) is 0 Å². The number of H-pyrrole nitrogens is 1. The van der Waals surface area contributed by atoms with Crippen LogP contribution in [0.25, 0.3) is 10.9 Å². The largest absolute Gasteiger partial charge is 0.486 e. The van der Waals surface area contributed by atoms with Crippen molar-refractivity contribution in [3.63, 3.8) is 0 Å². The Balaban J connectivity index is 1.57. The Morgan fingerprint density at radius 2 is 1.96 bits per heavy atom. The number of carbonyl (C=O) groups excluding carboxylic acids is 1. The molecular formula is C19H19N3O3. The smallest absolute Gasteiger partial charge is 0.275 e. The van der Waals surface area contributed by atoms with Crippen LogP contribution in [0.5, 0.6) is 11.5 Å². The minimum absolute atomic E-state index is 0.119. The van der Waals surface area contributed by atoms with Crippen molar-refractivity contribution in [1.29, 1.82) is 0 Å². The molecule has 4 rings (SSSR count). The second-order valence-corrected chi connectivity index (χ2v) is 6.26. The summed E-state index contributed by atoms with van der Waals surface area (Å²) in [5.41, 5.74) is 3.38. The third-order valence-corrected chi connectivity index (χ3v) is 4.29. The van der Waals surface area contributed by atoms with E-state index in [-0.39, 0.29) is 5.91 Å². The first-order valence-electron chi connectivity index (χ1n) is 8.20. The average Bonchev–Trinajstić information content (AvgIpc) is 3.04. The normalized spacial score (nSPS) is 13.0. The number of rotatable bonds is 3. The summed E-state index contributed by atoms with van der Waals surface area (Å²) in [4.78, 5) is 14.5. The summed E-state index contributed by atoms with van der Waals surface area (Å²) in [6, 6.07) is 11.7. The van der Waals surface area contributed by atoms with E-state index in [4.69, 9.17) is 9.47 Å². The van der Waals surface area contributed by atoms with Gasteiger partial charge in [-0.3, -0.25) is 9.89 Å². The number of carbonyl (C=O) groups is 1. The number of aromatic nitrogens is 2. The van der Waals surface area contributed by atoms with Gasteiger partial charge in [0.1, 0.15) is 13.2 Å². The second-order valence-electron chi connectivity index (χ2n) is 6.26. The zero-order valence-corrected chi connectivity index (χ0v) is 14.2. The van der Waals surface area contributed by atoms with Gasteiger partial charge in [0.25, 0.3) is 5.91 Å². The number of hydrogen-bond donors (Lipinski definition) is 1. The van der Waals surface area contributed by atoms with Crippen LogP contribution in [0, 0.1) is 6.92 Å². The summed E-state index contributed by atoms with van der Waals surface area (Å²) < 4.78 is 11.1. The summed E-state index contributed by atoms with van der Waals surface area (Å²) in [5, 5.41) is 7.98. The average molecular weight is 337 g/mol. The lowest BCUT2D eigenvalue weighted by Crippen LogP contribution is -2.27. The Labute approximate surface area is 145 Å². The molecule has 0 radical (unpaired) electrons. The summed E-state index contributed by atoms with van der Waals surface area (Å²) in [5.74, 6) is 1.36. The Kier molecular flexibility index (Phi) is 3.80. The van der Waals surface area contributed by atoms with Gasteiger partial charge in [0.05, 0.1) is 5.52 Å². The molecule has 0 fully saturated rings. The fraction of sp³-hybridized carbons (Fsp3) is 0.263. The molecule has 0 aliphatic carbocycles. The van der Waals surface area contributed by atoms with Gasteiger partial charge in [0, 0.05) is 19.0 Å². The molecule has 6 nitrogen and oxygen atoms in total. The van der Waals surface area contributed by atoms with E-state index in [9.17, 15) is 4.79 Å². The highest BCUT2D eigenvalue weighted by molar-refractivity contribution is 6.04. The van der Waals surface area contributed by atoms with Crippen molar-refractivity contribution >= 4 is 16.8 Å². The molecule has 1 aliphatic rings. The molecule has 0 saturated heterocycles. The lowest BCUT2D eigenvalue weighted by atomic mass is 10.1. The fourth-order valence-electron chi connectivity index (χ4n) is 3.00. The van der Waals surface area contributed by atoms with Crippen molar-refractivity contribution in [2.75, 3.05) is 20.3 Å². The number of aryl methyl sites for hydroxylation is 1. The molecule has 1 aromatic heterocycles. The molecule has 0 spiro atoms. The summed E-state index contributed by atoms with van der Waals surface area (Å²) in [6.07, 6.45) is 0. The lowest BCUT2D eigenvalue weighted by Gasteiger charge is -2.21. The van der Waals surface area contributed by atoms with Crippen LogP contribution in [0.1, 0.15) is 21.6 Å². The number of aromatic amines is 1. The molecule has 1 aliphatic heterocycles. The summed E-state index contributed by atoms with van der Waals surface area (Å²) in [7, 11) is 1.77. The maximum Gasteiger partial charge on any atom is 0.275 e. The molecule has 3 aromatic rings. The van der Waals surface area contributed by atoms with Gasteiger partial charge in [-0.2, -0.15) is 5.10 Å². The number of benzene rings is 2. The van der Waals surface area contributed by atoms with Crippen molar-refractivity contribution < 1.29 is 14.3 Å². The number of ether oxygens (including phenoxy) is 2. The van der Waals surface area contributed by atoms with Crippen LogP contribution < -0.4 is 9.47 Å². The van der Waals surface area contributed by atoms with Gasteiger partial charge in [0.2, 0.25) is 0 Å². The van der Waals surface area contributed by atoms with Gasteiger partial charge in [-0.1, -0.05) is 17.7 Å². The van der Waals surface area contributed by atoms with Crippen molar-refractivity contribution in [1.82, 2.24) is 15.1 Å². The van der Waals surface area contributed by atoms with Gasteiger partial charge < -0.3 is 14.4 Å². The molecule has 0 unspecified atom stereocenters. The minimum atomic E-state index is -0.119. The third kappa shape index (κ3) is 2.91. The van der Waals surface area contributed by atoms with Crippen LogP contribution in [0.4, 0.5) is 0 Å². The molecule has 2 heterocycles. The monoisotopic (exact) mass is 337 g/mol. The van der Waals surface area contributed by atoms with Crippen molar-refractivity contribution in [2.45, 2.75) is 13.5 Å². The quantitative estimate of drug-likeness (QED) is 0.798. The van der Waals surface area contributed by atoms with Crippen molar-refractivity contribution in [2.24, 2.45) is 0 Å². The molecule has 6 heteroatoms. The maximum atomic E-state index is 12.8. The standard InChI is InChI=1S/C19H19N3O3/c1-12-3-5-15-14(9-12)18(21-20-15)19(23)22(2)11-13-4-6-16-17(10-13)25-8-7-24-16/h3-6,9-10H,7-8,11H2,1-2H3,(H,20,21). The second kappa shape index (κ2) is 6.12. The van der Waals surface area contributed by atoms with Crippen LogP contribution in [-0.2, 0) is 6.54 Å². The van der Waals surface area contributed by atoms with Crippen LogP contribution in [-0.4, -0.2) is 41.3 Å². The Morgan fingerprint density at radius 1 is 1.16 bits per heavy atom. The van der Waals surface area contributed by atoms with E-state index >= 15 is 0 Å². The SMILES string of the molecule is Cc1ccc2[nH]nc(C(=O)N(C)Cc3ccc4c(c3)OCCO4)c2c1. The van der Waals surface area contributed by atoms with Crippen LogP contribution >= 0.6 is 0 Å². The Bertz CT molecular complexity index is 948. The predicted molar refractivity (Wildman–Crippen MR) is 94.1 cm³/mol. The van der Waals surface area contributed by atoms with Gasteiger partial charge in [-0.15, -0.1) is 0 Å². The summed E-state index contributed by atoms with van der Waals surface area (Å²) in [6.45, 7) is 3.58. The van der Waals surface area contributed by atoms with Crippen LogP contribution in [0.2, 0.25) is 0 Å². The number of nitrogens with one attached hydrogen (secondary N) is 1. The molecule has 0 atom stereocenters. The molecule has 1 amide bonds. The van der Waals surface area contributed by atoms with E-state index in [0.717, 1.165) is 33.5 Å². The molecule has 25 heavy (non-hydrogen) atoms. The van der Waals surface area contributed by atoms with Gasteiger partial charge in [0.15, 0.2) is 17.2 Å². The topological polar surface area (TPSA) is 67.5 Å². The van der Waals surface area contributed by atoms with Crippen LogP contribution in [0.15, 0.2) is 36.4 Å². The Hall–Kier alpha value is -3.02. The molecule has 1 N–H and O–H groups in total. The fourth-order valence-corrected chi connectivity index (χ4v) is 3.00. The lowest BCUT2D eigenvalue weighted by molar-refractivity contribution is 0.0781. The van der Waals surface area contributed by atoms with E-state index in [1.807, 2.05) is 43.3 Å². The number of nitrogens with zero attached hydrogens (tertiary/aromatic N) is 2. The summed E-state index contributed by atoms with van der Waals surface area (Å²) >= 11 is 0. The van der Waals surface area contributed by atoms with Gasteiger partial charge >= 0.3 is 0 Å². The van der Waals surface area contributed by atoms with E-state index < -0.39 is 0 Å². The van der Waals surface area contributed by atoms with E-state index in [2.05, 4.69) is 10.2 Å². The highest BCUT2D eigenvalue weighted by Crippen LogP contribution is 2.31. The molecular weight excluding hydrogens is 318 g/mol. The van der Waals surface area contributed by atoms with E-state index in [0.29, 0.717) is 25.5 Å². The first kappa shape index (κ1) is 15.5. The van der Waals surface area contributed by atoms with E-state index in [1.165, 1.54) is 0 Å².